The van der Waals surface area contributed by atoms with E-state index in [0.717, 1.165) is 5.56 Å². The Hall–Kier alpha value is -1.46. The maximum absolute atomic E-state index is 13.6. The molecule has 1 fully saturated rings. The molecule has 0 saturated carbocycles. The van der Waals surface area contributed by atoms with Crippen molar-refractivity contribution in [2.24, 2.45) is 5.73 Å². The van der Waals surface area contributed by atoms with E-state index in [1.807, 2.05) is 13.0 Å². The third kappa shape index (κ3) is 3.16. The molecule has 0 radical (unpaired) electrons. The summed E-state index contributed by atoms with van der Waals surface area (Å²) in [6, 6.07) is 4.70. The summed E-state index contributed by atoms with van der Waals surface area (Å²) >= 11 is 0. The summed E-state index contributed by atoms with van der Waals surface area (Å²) in [5, 5.41) is 2.87. The van der Waals surface area contributed by atoms with Crippen LogP contribution in [-0.2, 0) is 9.53 Å². The molecule has 5 heteroatoms. The van der Waals surface area contributed by atoms with E-state index < -0.39 is 5.54 Å². The molecule has 1 saturated heterocycles. The molecular weight excluding hydrogens is 259 g/mol. The lowest BCUT2D eigenvalue weighted by molar-refractivity contribution is -0.130. The van der Waals surface area contributed by atoms with Crippen LogP contribution in [0.1, 0.15) is 36.9 Å². The minimum Gasteiger partial charge on any atom is -0.381 e. The maximum atomic E-state index is 13.6. The van der Waals surface area contributed by atoms with Crippen LogP contribution in [0.2, 0.25) is 0 Å². The van der Waals surface area contributed by atoms with Crippen LogP contribution in [0.3, 0.4) is 0 Å². The summed E-state index contributed by atoms with van der Waals surface area (Å²) in [6.45, 7) is 4.53. The van der Waals surface area contributed by atoms with Gasteiger partial charge in [-0.1, -0.05) is 12.1 Å². The second kappa shape index (κ2) is 5.89. The van der Waals surface area contributed by atoms with Gasteiger partial charge in [0, 0.05) is 13.2 Å². The van der Waals surface area contributed by atoms with E-state index in [2.05, 4.69) is 5.32 Å². The molecule has 1 atom stereocenters. The average molecular weight is 280 g/mol. The molecule has 0 aromatic heterocycles. The minimum absolute atomic E-state index is 0.200. The largest absolute Gasteiger partial charge is 0.381 e. The van der Waals surface area contributed by atoms with Gasteiger partial charge >= 0.3 is 0 Å². The molecule has 1 heterocycles. The fraction of sp³-hybridized carbons (Fsp3) is 0.533. The van der Waals surface area contributed by atoms with Crippen LogP contribution in [0.5, 0.6) is 0 Å². The van der Waals surface area contributed by atoms with Crippen LogP contribution in [-0.4, -0.2) is 24.7 Å². The van der Waals surface area contributed by atoms with Gasteiger partial charge in [0.2, 0.25) is 5.91 Å². The molecule has 2 rings (SSSR count). The SMILES string of the molecule is Cc1ccc(C(C)NC(=O)C2(N)CCOCC2)cc1F. The lowest BCUT2D eigenvalue weighted by Gasteiger charge is -2.33. The number of nitrogens with one attached hydrogen (secondary N) is 1. The Balaban J connectivity index is 2.04. The van der Waals surface area contributed by atoms with Crippen LogP contribution in [0.15, 0.2) is 18.2 Å². The van der Waals surface area contributed by atoms with Gasteiger partial charge in [-0.25, -0.2) is 4.39 Å². The highest BCUT2D eigenvalue weighted by molar-refractivity contribution is 5.86. The molecule has 1 aliphatic rings. The van der Waals surface area contributed by atoms with Gasteiger partial charge in [0.1, 0.15) is 5.82 Å². The van der Waals surface area contributed by atoms with Gasteiger partial charge < -0.3 is 15.8 Å². The van der Waals surface area contributed by atoms with Crippen molar-refractivity contribution >= 4 is 5.91 Å². The summed E-state index contributed by atoms with van der Waals surface area (Å²) < 4.78 is 18.8. The molecule has 1 amide bonds. The highest BCUT2D eigenvalue weighted by atomic mass is 19.1. The van der Waals surface area contributed by atoms with E-state index in [9.17, 15) is 9.18 Å². The van der Waals surface area contributed by atoms with Gasteiger partial charge in [0.15, 0.2) is 0 Å². The Bertz CT molecular complexity index is 499. The minimum atomic E-state index is -0.879. The van der Waals surface area contributed by atoms with E-state index >= 15 is 0 Å². The maximum Gasteiger partial charge on any atom is 0.240 e. The van der Waals surface area contributed by atoms with E-state index in [-0.39, 0.29) is 17.8 Å². The summed E-state index contributed by atoms with van der Waals surface area (Å²) in [7, 11) is 0. The van der Waals surface area contributed by atoms with Crippen molar-refractivity contribution in [1.82, 2.24) is 5.32 Å². The first-order valence-corrected chi connectivity index (χ1v) is 6.86. The fourth-order valence-electron chi connectivity index (χ4n) is 2.26. The number of hydrogen-bond acceptors (Lipinski definition) is 3. The quantitative estimate of drug-likeness (QED) is 0.887. The predicted octanol–water partition coefficient (Wildman–Crippen LogP) is 1.82. The van der Waals surface area contributed by atoms with Crippen LogP contribution >= 0.6 is 0 Å². The van der Waals surface area contributed by atoms with E-state index in [4.69, 9.17) is 10.5 Å². The summed E-state index contributed by atoms with van der Waals surface area (Å²) in [5.41, 5.74) is 6.56. The number of rotatable bonds is 3. The molecule has 0 spiro atoms. The molecule has 110 valence electrons. The topological polar surface area (TPSA) is 64.4 Å². The predicted molar refractivity (Wildman–Crippen MR) is 74.7 cm³/mol. The highest BCUT2D eigenvalue weighted by Crippen LogP contribution is 2.21. The number of halogens is 1. The molecule has 1 aromatic rings. The Labute approximate surface area is 118 Å². The van der Waals surface area contributed by atoms with Crippen molar-refractivity contribution in [3.05, 3.63) is 35.1 Å². The van der Waals surface area contributed by atoms with Crippen LogP contribution in [0.25, 0.3) is 0 Å². The van der Waals surface area contributed by atoms with E-state index in [1.54, 1.807) is 13.0 Å². The molecule has 20 heavy (non-hydrogen) atoms. The van der Waals surface area contributed by atoms with Gasteiger partial charge in [-0.3, -0.25) is 4.79 Å². The average Bonchev–Trinajstić information content (AvgIpc) is 2.42. The number of carbonyl (C=O) groups excluding carboxylic acids is 1. The van der Waals surface area contributed by atoms with Crippen molar-refractivity contribution in [2.75, 3.05) is 13.2 Å². The first-order valence-electron chi connectivity index (χ1n) is 6.86. The van der Waals surface area contributed by atoms with Crippen LogP contribution in [0.4, 0.5) is 4.39 Å². The summed E-state index contributed by atoms with van der Waals surface area (Å²) in [5.74, 6) is -0.466. The number of ether oxygens (including phenoxy) is 1. The van der Waals surface area contributed by atoms with Crippen molar-refractivity contribution < 1.29 is 13.9 Å². The normalized spacial score (nSPS) is 19.4. The lowest BCUT2D eigenvalue weighted by atomic mass is 9.90. The zero-order valence-electron chi connectivity index (χ0n) is 11.9. The molecule has 1 aliphatic heterocycles. The Morgan fingerprint density at radius 2 is 2.10 bits per heavy atom. The van der Waals surface area contributed by atoms with Gasteiger partial charge in [-0.2, -0.15) is 0 Å². The van der Waals surface area contributed by atoms with Crippen molar-refractivity contribution in [1.29, 1.82) is 0 Å². The number of hydrogen-bond donors (Lipinski definition) is 2. The third-order valence-electron chi connectivity index (χ3n) is 3.88. The first-order chi connectivity index (χ1) is 9.42. The van der Waals surface area contributed by atoms with Crippen molar-refractivity contribution in [3.8, 4) is 0 Å². The molecule has 3 N–H and O–H groups in total. The molecular formula is C15H21FN2O2. The summed E-state index contributed by atoms with van der Waals surface area (Å²) in [6.07, 6.45) is 1.02. The van der Waals surface area contributed by atoms with Gasteiger partial charge in [-0.15, -0.1) is 0 Å². The third-order valence-corrected chi connectivity index (χ3v) is 3.88. The Kier molecular flexibility index (Phi) is 4.40. The summed E-state index contributed by atoms with van der Waals surface area (Å²) in [4.78, 5) is 12.3. The molecule has 0 bridgehead atoms. The second-order valence-electron chi connectivity index (χ2n) is 5.47. The number of benzene rings is 1. The van der Waals surface area contributed by atoms with Gasteiger partial charge in [-0.05, 0) is 43.9 Å². The monoisotopic (exact) mass is 280 g/mol. The van der Waals surface area contributed by atoms with Gasteiger partial charge in [0.25, 0.3) is 0 Å². The number of carbonyl (C=O) groups is 1. The van der Waals surface area contributed by atoms with E-state index in [1.165, 1.54) is 6.07 Å². The lowest BCUT2D eigenvalue weighted by Crippen LogP contribution is -2.57. The zero-order chi connectivity index (χ0) is 14.8. The van der Waals surface area contributed by atoms with E-state index in [0.29, 0.717) is 31.6 Å². The number of aryl methyl sites for hydroxylation is 1. The van der Waals surface area contributed by atoms with Crippen LogP contribution in [0, 0.1) is 12.7 Å². The molecule has 1 unspecified atom stereocenters. The molecule has 0 aliphatic carbocycles. The van der Waals surface area contributed by atoms with Crippen LogP contribution < -0.4 is 11.1 Å². The van der Waals surface area contributed by atoms with Crippen molar-refractivity contribution in [3.63, 3.8) is 0 Å². The number of nitrogens with two attached hydrogens (primary N) is 1. The van der Waals surface area contributed by atoms with Gasteiger partial charge in [0.05, 0.1) is 11.6 Å². The first kappa shape index (κ1) is 14.9. The highest BCUT2D eigenvalue weighted by Gasteiger charge is 2.36. The molecule has 4 nitrogen and oxygen atoms in total. The second-order valence-corrected chi connectivity index (χ2v) is 5.47. The smallest absolute Gasteiger partial charge is 0.240 e. The van der Waals surface area contributed by atoms with Crippen molar-refractivity contribution in [2.45, 2.75) is 38.3 Å². The Morgan fingerprint density at radius 1 is 1.45 bits per heavy atom. The Morgan fingerprint density at radius 3 is 2.70 bits per heavy atom. The standard InChI is InChI=1S/C15H21FN2O2/c1-10-3-4-12(9-13(10)16)11(2)18-14(19)15(17)5-7-20-8-6-15/h3-4,9,11H,5-8,17H2,1-2H3,(H,18,19). The fourth-order valence-corrected chi connectivity index (χ4v) is 2.26. The number of amides is 1. The molecule has 1 aromatic carbocycles. The zero-order valence-corrected chi connectivity index (χ0v) is 11.9.